The van der Waals surface area contributed by atoms with Gasteiger partial charge in [-0.3, -0.25) is 25.3 Å². The molecular weight excluding hydrogens is 356 g/mol. The highest BCUT2D eigenvalue weighted by Crippen LogP contribution is 2.33. The number of hydrogen-bond donors (Lipinski definition) is 1. The summed E-state index contributed by atoms with van der Waals surface area (Å²) < 4.78 is 0. The molecule has 7 heteroatoms. The van der Waals surface area contributed by atoms with Crippen LogP contribution in [-0.2, 0) is 0 Å². The van der Waals surface area contributed by atoms with Crippen LogP contribution < -0.4 is 5.43 Å². The first-order valence-corrected chi connectivity index (χ1v) is 8.65. The summed E-state index contributed by atoms with van der Waals surface area (Å²) in [5, 5.41) is 12.7. The molecule has 28 heavy (non-hydrogen) atoms. The highest BCUT2D eigenvalue weighted by molar-refractivity contribution is 5.95. The number of nitrogens with one attached hydrogen (secondary N) is 1. The molecule has 0 saturated carbocycles. The summed E-state index contributed by atoms with van der Waals surface area (Å²) >= 11 is 0. The minimum absolute atomic E-state index is 0.0182. The summed E-state index contributed by atoms with van der Waals surface area (Å²) in [5.41, 5.74) is 5.94. The van der Waals surface area contributed by atoms with Crippen LogP contribution >= 0.6 is 0 Å². The number of non-ortho nitro benzene ring substituents is 1. The second kappa shape index (κ2) is 7.32. The Labute approximate surface area is 161 Å². The Bertz CT molecular complexity index is 1050. The zero-order valence-electron chi connectivity index (χ0n) is 14.7. The Morgan fingerprint density at radius 3 is 2.50 bits per heavy atom. The van der Waals surface area contributed by atoms with Gasteiger partial charge >= 0.3 is 0 Å². The molecule has 0 radical (unpaired) electrons. The van der Waals surface area contributed by atoms with Crippen LogP contribution in [0.15, 0.2) is 85.2 Å². The molecule has 1 aliphatic heterocycles. The number of rotatable bonds is 4. The smallest absolute Gasteiger partial charge is 0.273 e. The average Bonchev–Trinajstić information content (AvgIpc) is 3.20. The van der Waals surface area contributed by atoms with Gasteiger partial charge in [0, 0.05) is 30.1 Å². The van der Waals surface area contributed by atoms with Gasteiger partial charge in [0.05, 0.1) is 16.7 Å². The molecule has 0 spiro atoms. The van der Waals surface area contributed by atoms with E-state index in [9.17, 15) is 14.9 Å². The van der Waals surface area contributed by atoms with Gasteiger partial charge in [-0.05, 0) is 29.3 Å². The zero-order chi connectivity index (χ0) is 19.5. The predicted molar refractivity (Wildman–Crippen MR) is 104 cm³/mol. The zero-order valence-corrected chi connectivity index (χ0v) is 14.7. The summed E-state index contributed by atoms with van der Waals surface area (Å²) in [6.45, 7) is 0. The monoisotopic (exact) mass is 372 g/mol. The van der Waals surface area contributed by atoms with Crippen LogP contribution in [0.5, 0.6) is 0 Å². The molecule has 7 nitrogen and oxygen atoms in total. The lowest BCUT2D eigenvalue weighted by Crippen LogP contribution is -2.39. The lowest BCUT2D eigenvalue weighted by Gasteiger charge is -2.25. The maximum atomic E-state index is 13.1. The fourth-order valence-corrected chi connectivity index (χ4v) is 3.13. The van der Waals surface area contributed by atoms with E-state index in [0.29, 0.717) is 11.1 Å². The maximum Gasteiger partial charge on any atom is 0.273 e. The fourth-order valence-electron chi connectivity index (χ4n) is 3.13. The molecule has 0 saturated heterocycles. The predicted octanol–water partition coefficient (Wildman–Crippen LogP) is 3.73. The molecule has 1 aliphatic rings. The van der Waals surface area contributed by atoms with E-state index in [2.05, 4.69) is 10.4 Å². The van der Waals surface area contributed by atoms with E-state index in [1.54, 1.807) is 36.7 Å². The van der Waals surface area contributed by atoms with E-state index in [1.807, 2.05) is 36.4 Å². The normalized spacial score (nSPS) is 15.6. The van der Waals surface area contributed by atoms with Crippen molar-refractivity contribution < 1.29 is 9.72 Å². The van der Waals surface area contributed by atoms with E-state index >= 15 is 0 Å². The first kappa shape index (κ1) is 17.4. The van der Waals surface area contributed by atoms with Crippen LogP contribution in [0.3, 0.4) is 0 Å². The summed E-state index contributed by atoms with van der Waals surface area (Å²) in [6, 6.07) is 18.7. The van der Waals surface area contributed by atoms with Crippen molar-refractivity contribution in [2.45, 2.75) is 6.04 Å². The third-order valence-corrected chi connectivity index (χ3v) is 4.50. The summed E-state index contributed by atoms with van der Waals surface area (Å²) in [7, 11) is 0. The highest BCUT2D eigenvalue weighted by Gasteiger charge is 2.32. The van der Waals surface area contributed by atoms with Gasteiger partial charge in [-0.15, -0.1) is 0 Å². The van der Waals surface area contributed by atoms with E-state index < -0.39 is 11.0 Å². The first-order chi connectivity index (χ1) is 13.6. The maximum absolute atomic E-state index is 13.1. The molecule has 1 amide bonds. The number of nitro groups is 1. The number of amides is 1. The topological polar surface area (TPSA) is 88.4 Å². The number of nitro benzene ring substituents is 1. The van der Waals surface area contributed by atoms with Crippen LogP contribution in [0.4, 0.5) is 5.69 Å². The van der Waals surface area contributed by atoms with E-state index in [4.69, 9.17) is 0 Å². The second-order valence-corrected chi connectivity index (χ2v) is 6.27. The average molecular weight is 372 g/mol. The van der Waals surface area contributed by atoms with Crippen molar-refractivity contribution in [3.8, 4) is 0 Å². The lowest BCUT2D eigenvalue weighted by molar-refractivity contribution is -0.384. The number of nitrogens with zero attached hydrogens (tertiary/aromatic N) is 3. The van der Waals surface area contributed by atoms with Gasteiger partial charge in [0.25, 0.3) is 11.6 Å². The van der Waals surface area contributed by atoms with Crippen LogP contribution in [-0.4, -0.2) is 20.8 Å². The van der Waals surface area contributed by atoms with Gasteiger partial charge in [-0.1, -0.05) is 42.5 Å². The summed E-state index contributed by atoms with van der Waals surface area (Å²) in [5.74, 6) is -0.249. The Balaban J connectivity index is 1.75. The summed E-state index contributed by atoms with van der Waals surface area (Å²) in [4.78, 5) is 27.8. The second-order valence-electron chi connectivity index (χ2n) is 6.27. The Hall–Kier alpha value is -4.00. The molecule has 138 valence electrons. The number of carbonyl (C=O) groups excluding carboxylic acids is 1. The van der Waals surface area contributed by atoms with Crippen molar-refractivity contribution in [3.63, 3.8) is 0 Å². The molecule has 2 aromatic carbocycles. The SMILES string of the molecule is O=C(c1ccncc1)N1NC(c2ccccc2)=CC1c1cccc([N+](=O)[O-])c1. The Kier molecular flexibility index (Phi) is 4.55. The van der Waals surface area contributed by atoms with Crippen molar-refractivity contribution >= 4 is 17.3 Å². The van der Waals surface area contributed by atoms with Crippen LogP contribution in [0.2, 0.25) is 0 Å². The Morgan fingerprint density at radius 1 is 1.04 bits per heavy atom. The summed E-state index contributed by atoms with van der Waals surface area (Å²) in [6.07, 6.45) is 5.00. The van der Waals surface area contributed by atoms with Gasteiger partial charge in [-0.25, -0.2) is 5.01 Å². The van der Waals surface area contributed by atoms with Gasteiger partial charge in [0.2, 0.25) is 0 Å². The van der Waals surface area contributed by atoms with Crippen LogP contribution in [0.1, 0.15) is 27.5 Å². The van der Waals surface area contributed by atoms with Crippen LogP contribution in [0.25, 0.3) is 5.70 Å². The quantitative estimate of drug-likeness (QED) is 0.557. The van der Waals surface area contributed by atoms with Crippen LogP contribution in [0, 0.1) is 10.1 Å². The molecule has 0 aliphatic carbocycles. The van der Waals surface area contributed by atoms with Crippen molar-refractivity contribution in [2.24, 2.45) is 0 Å². The number of hydrogen-bond acceptors (Lipinski definition) is 5. The number of hydrazine groups is 1. The third kappa shape index (κ3) is 3.33. The van der Waals surface area contributed by atoms with E-state index in [-0.39, 0.29) is 11.6 Å². The molecular formula is C21H16N4O3. The molecule has 3 aromatic rings. The highest BCUT2D eigenvalue weighted by atomic mass is 16.6. The van der Waals surface area contributed by atoms with Crippen molar-refractivity contribution in [2.75, 3.05) is 0 Å². The minimum Gasteiger partial charge on any atom is -0.295 e. The molecule has 1 atom stereocenters. The first-order valence-electron chi connectivity index (χ1n) is 8.65. The molecule has 2 heterocycles. The van der Waals surface area contributed by atoms with E-state index in [0.717, 1.165) is 11.3 Å². The molecule has 1 N–H and O–H groups in total. The van der Waals surface area contributed by atoms with Crippen molar-refractivity contribution in [1.82, 2.24) is 15.4 Å². The van der Waals surface area contributed by atoms with Crippen molar-refractivity contribution in [3.05, 3.63) is 112 Å². The number of aromatic nitrogens is 1. The lowest BCUT2D eigenvalue weighted by atomic mass is 10.0. The third-order valence-electron chi connectivity index (χ3n) is 4.50. The Morgan fingerprint density at radius 2 is 1.79 bits per heavy atom. The van der Waals surface area contributed by atoms with E-state index in [1.165, 1.54) is 17.1 Å². The standard InChI is InChI=1S/C21H16N4O3/c26-21(16-9-11-22-12-10-16)24-20(17-7-4-8-18(13-17)25(27)28)14-19(23-24)15-5-2-1-3-6-15/h1-14,20,23H. The molecule has 0 bridgehead atoms. The van der Waals surface area contributed by atoms with Crippen molar-refractivity contribution in [1.29, 1.82) is 0 Å². The van der Waals surface area contributed by atoms with Gasteiger partial charge in [0.15, 0.2) is 0 Å². The molecule has 4 rings (SSSR count). The minimum atomic E-state index is -0.490. The molecule has 1 aromatic heterocycles. The molecule has 0 fully saturated rings. The number of benzene rings is 2. The number of pyridine rings is 1. The molecule has 1 unspecified atom stereocenters. The fraction of sp³-hybridized carbons (Fsp3) is 0.0476. The largest absolute Gasteiger partial charge is 0.295 e. The van der Waals surface area contributed by atoms with Gasteiger partial charge in [-0.2, -0.15) is 0 Å². The van der Waals surface area contributed by atoms with Gasteiger partial charge in [0.1, 0.15) is 0 Å². The number of carbonyl (C=O) groups is 1. The van der Waals surface area contributed by atoms with Gasteiger partial charge < -0.3 is 0 Å².